The van der Waals surface area contributed by atoms with Crippen molar-refractivity contribution in [2.45, 2.75) is 13.8 Å². The quantitative estimate of drug-likeness (QED) is 0.416. The minimum absolute atomic E-state index is 0.191. The van der Waals surface area contributed by atoms with Gasteiger partial charge in [0.15, 0.2) is 11.2 Å². The summed E-state index contributed by atoms with van der Waals surface area (Å²) in [7, 11) is 0. The van der Waals surface area contributed by atoms with Gasteiger partial charge >= 0.3 is 0 Å². The standard InChI is InChI=1S/C22H16ClN5O/c1-11-3-4-13-9-16(26-15(13)7-11)20-19(14-8-12(2)25-18(23)10-14)27-21-17(29)5-6-24-22(21)28-20/h3-10,26H,1-2H3,(H,24,28,29). The van der Waals surface area contributed by atoms with Gasteiger partial charge in [-0.15, -0.1) is 0 Å². The van der Waals surface area contributed by atoms with Crippen LogP contribution in [0.3, 0.4) is 0 Å². The zero-order valence-electron chi connectivity index (χ0n) is 15.7. The van der Waals surface area contributed by atoms with Crippen molar-refractivity contribution in [3.05, 3.63) is 75.3 Å². The number of rotatable bonds is 2. The summed E-state index contributed by atoms with van der Waals surface area (Å²) >= 11 is 6.19. The number of fused-ring (bicyclic) bond motifs is 2. The molecule has 0 aliphatic carbocycles. The van der Waals surface area contributed by atoms with Crippen molar-refractivity contribution in [1.82, 2.24) is 24.9 Å². The molecule has 4 aromatic heterocycles. The van der Waals surface area contributed by atoms with Crippen LogP contribution in [0.4, 0.5) is 0 Å². The van der Waals surface area contributed by atoms with E-state index in [9.17, 15) is 4.79 Å². The number of benzene rings is 1. The Labute approximate surface area is 170 Å². The van der Waals surface area contributed by atoms with Crippen molar-refractivity contribution in [3.63, 3.8) is 0 Å². The van der Waals surface area contributed by atoms with Crippen LogP contribution in [0, 0.1) is 13.8 Å². The molecule has 0 aliphatic heterocycles. The summed E-state index contributed by atoms with van der Waals surface area (Å²) in [6.45, 7) is 3.91. The highest BCUT2D eigenvalue weighted by molar-refractivity contribution is 6.29. The lowest BCUT2D eigenvalue weighted by Crippen LogP contribution is -2.07. The number of H-pyrrole nitrogens is 2. The highest BCUT2D eigenvalue weighted by Crippen LogP contribution is 2.32. The van der Waals surface area contributed by atoms with Gasteiger partial charge in [-0.1, -0.05) is 23.7 Å². The van der Waals surface area contributed by atoms with Crippen molar-refractivity contribution in [1.29, 1.82) is 0 Å². The van der Waals surface area contributed by atoms with Crippen LogP contribution in [0.1, 0.15) is 11.3 Å². The summed E-state index contributed by atoms with van der Waals surface area (Å²) in [5.74, 6) is 0. The van der Waals surface area contributed by atoms with E-state index in [1.165, 1.54) is 6.07 Å². The summed E-state index contributed by atoms with van der Waals surface area (Å²) < 4.78 is 0. The van der Waals surface area contributed by atoms with E-state index in [-0.39, 0.29) is 10.9 Å². The van der Waals surface area contributed by atoms with E-state index in [2.05, 4.69) is 38.1 Å². The predicted octanol–water partition coefficient (Wildman–Crippen LogP) is 4.80. The highest BCUT2D eigenvalue weighted by atomic mass is 35.5. The van der Waals surface area contributed by atoms with Crippen molar-refractivity contribution in [2.75, 3.05) is 0 Å². The average Bonchev–Trinajstić information content (AvgIpc) is 3.09. The van der Waals surface area contributed by atoms with Crippen LogP contribution in [0.15, 0.2) is 53.5 Å². The zero-order chi connectivity index (χ0) is 20.1. The molecule has 0 atom stereocenters. The monoisotopic (exact) mass is 401 g/mol. The molecule has 0 saturated heterocycles. The van der Waals surface area contributed by atoms with E-state index < -0.39 is 0 Å². The molecule has 0 radical (unpaired) electrons. The first kappa shape index (κ1) is 17.6. The molecule has 0 bridgehead atoms. The normalized spacial score (nSPS) is 11.4. The Morgan fingerprint density at radius 2 is 1.79 bits per heavy atom. The molecular weight excluding hydrogens is 386 g/mol. The molecule has 1 aromatic carbocycles. The molecule has 0 fully saturated rings. The van der Waals surface area contributed by atoms with E-state index in [4.69, 9.17) is 16.6 Å². The summed E-state index contributed by atoms with van der Waals surface area (Å²) in [6.07, 6.45) is 1.57. The van der Waals surface area contributed by atoms with Crippen molar-refractivity contribution < 1.29 is 0 Å². The summed E-state index contributed by atoms with van der Waals surface area (Å²) in [6, 6.07) is 13.3. The second-order valence-electron chi connectivity index (χ2n) is 7.05. The van der Waals surface area contributed by atoms with Gasteiger partial charge in [-0.25, -0.2) is 15.0 Å². The zero-order valence-corrected chi connectivity index (χ0v) is 16.5. The van der Waals surface area contributed by atoms with E-state index in [0.717, 1.165) is 33.4 Å². The van der Waals surface area contributed by atoms with Gasteiger partial charge in [0.2, 0.25) is 5.43 Å². The molecule has 2 N–H and O–H groups in total. The van der Waals surface area contributed by atoms with Crippen LogP contribution in [-0.4, -0.2) is 24.9 Å². The van der Waals surface area contributed by atoms with E-state index in [0.29, 0.717) is 22.2 Å². The molecule has 0 amide bonds. The topological polar surface area (TPSA) is 87.3 Å². The minimum Gasteiger partial charge on any atom is -0.353 e. The third-order valence-electron chi connectivity index (χ3n) is 4.81. The van der Waals surface area contributed by atoms with Crippen LogP contribution < -0.4 is 5.43 Å². The number of hydrogen-bond acceptors (Lipinski definition) is 4. The van der Waals surface area contributed by atoms with Crippen LogP contribution in [-0.2, 0) is 0 Å². The lowest BCUT2D eigenvalue weighted by Gasteiger charge is -2.09. The lowest BCUT2D eigenvalue weighted by atomic mass is 10.1. The number of aryl methyl sites for hydroxylation is 2. The number of nitrogens with zero attached hydrogens (tertiary/aromatic N) is 3. The Balaban J connectivity index is 1.85. The van der Waals surface area contributed by atoms with Crippen molar-refractivity contribution >= 4 is 33.7 Å². The minimum atomic E-state index is -0.191. The van der Waals surface area contributed by atoms with Gasteiger partial charge in [0.25, 0.3) is 0 Å². The fourth-order valence-electron chi connectivity index (χ4n) is 3.51. The summed E-state index contributed by atoms with van der Waals surface area (Å²) in [5, 5.41) is 1.44. The van der Waals surface area contributed by atoms with Crippen LogP contribution >= 0.6 is 11.6 Å². The van der Waals surface area contributed by atoms with Gasteiger partial charge in [0.1, 0.15) is 10.8 Å². The molecule has 142 valence electrons. The number of nitrogens with one attached hydrogen (secondary N) is 2. The Hall–Kier alpha value is -3.51. The predicted molar refractivity (Wildman–Crippen MR) is 115 cm³/mol. The molecule has 5 rings (SSSR count). The lowest BCUT2D eigenvalue weighted by molar-refractivity contribution is 1.18. The van der Waals surface area contributed by atoms with Crippen LogP contribution in [0.5, 0.6) is 0 Å². The van der Waals surface area contributed by atoms with Gasteiger partial charge in [-0.05, 0) is 43.7 Å². The number of pyridine rings is 2. The first-order valence-electron chi connectivity index (χ1n) is 9.12. The van der Waals surface area contributed by atoms with E-state index in [1.54, 1.807) is 12.3 Å². The van der Waals surface area contributed by atoms with Crippen molar-refractivity contribution in [3.8, 4) is 22.6 Å². The second kappa shape index (κ2) is 6.53. The fourth-order valence-corrected chi connectivity index (χ4v) is 3.76. The molecule has 4 heterocycles. The molecule has 5 aromatic rings. The van der Waals surface area contributed by atoms with E-state index >= 15 is 0 Å². The van der Waals surface area contributed by atoms with Gasteiger partial charge in [-0.3, -0.25) is 4.79 Å². The Bertz CT molecular complexity index is 1450. The van der Waals surface area contributed by atoms with Crippen molar-refractivity contribution in [2.24, 2.45) is 0 Å². The summed E-state index contributed by atoms with van der Waals surface area (Å²) in [4.78, 5) is 32.5. The molecule has 0 spiro atoms. The van der Waals surface area contributed by atoms with Gasteiger partial charge in [0, 0.05) is 34.4 Å². The molecule has 0 unspecified atom stereocenters. The maximum absolute atomic E-state index is 12.4. The van der Waals surface area contributed by atoms with Gasteiger partial charge < -0.3 is 9.97 Å². The summed E-state index contributed by atoms with van der Waals surface area (Å²) in [5.41, 5.74) is 6.23. The van der Waals surface area contributed by atoms with Crippen LogP contribution in [0.2, 0.25) is 5.15 Å². The molecule has 6 nitrogen and oxygen atoms in total. The second-order valence-corrected chi connectivity index (χ2v) is 7.44. The maximum atomic E-state index is 12.4. The Morgan fingerprint density at radius 1 is 0.931 bits per heavy atom. The highest BCUT2D eigenvalue weighted by Gasteiger charge is 2.17. The smallest absolute Gasteiger partial charge is 0.209 e. The van der Waals surface area contributed by atoms with E-state index in [1.807, 2.05) is 26.0 Å². The molecule has 29 heavy (non-hydrogen) atoms. The number of hydrogen-bond donors (Lipinski definition) is 2. The molecule has 0 saturated carbocycles. The fraction of sp³-hybridized carbons (Fsp3) is 0.0909. The average molecular weight is 402 g/mol. The maximum Gasteiger partial charge on any atom is 0.209 e. The third-order valence-corrected chi connectivity index (χ3v) is 5.01. The van der Waals surface area contributed by atoms with Gasteiger partial charge in [-0.2, -0.15) is 0 Å². The number of aromatic nitrogens is 5. The SMILES string of the molecule is Cc1ccc2cc(-c3nc4[nH]ccc(=O)c4nc3-c3cc(C)nc(Cl)c3)[nH]c2c1. The Kier molecular flexibility index (Phi) is 3.96. The van der Waals surface area contributed by atoms with Gasteiger partial charge in [0.05, 0.1) is 11.4 Å². The Morgan fingerprint density at radius 3 is 2.62 bits per heavy atom. The first-order valence-corrected chi connectivity index (χ1v) is 9.49. The number of aromatic amines is 2. The number of halogens is 1. The molecule has 0 aliphatic rings. The molecule has 7 heteroatoms. The first-order chi connectivity index (χ1) is 14.0. The molecular formula is C22H16ClN5O. The third kappa shape index (κ3) is 3.07. The van der Waals surface area contributed by atoms with Crippen LogP contribution in [0.25, 0.3) is 44.7 Å². The largest absolute Gasteiger partial charge is 0.353 e.